The van der Waals surface area contributed by atoms with Crippen LogP contribution in [0.25, 0.3) is 0 Å². The van der Waals surface area contributed by atoms with Gasteiger partial charge in [-0.25, -0.2) is 4.39 Å². The molecule has 0 spiro atoms. The zero-order valence-electron chi connectivity index (χ0n) is 10.8. The van der Waals surface area contributed by atoms with E-state index in [1.54, 1.807) is 24.3 Å². The number of rotatable bonds is 3. The van der Waals surface area contributed by atoms with E-state index in [9.17, 15) is 4.39 Å². The summed E-state index contributed by atoms with van der Waals surface area (Å²) < 4.78 is 24.0. The SMILES string of the molecule is N#Cc1c(F)cccc1NCc1cc(Cl)c2c(c1)OCO2. The molecule has 2 aromatic carbocycles. The minimum Gasteiger partial charge on any atom is -0.454 e. The summed E-state index contributed by atoms with van der Waals surface area (Å²) in [6.07, 6.45) is 0. The van der Waals surface area contributed by atoms with E-state index in [-0.39, 0.29) is 12.4 Å². The lowest BCUT2D eigenvalue weighted by Gasteiger charge is -2.10. The highest BCUT2D eigenvalue weighted by molar-refractivity contribution is 6.32. The predicted molar refractivity (Wildman–Crippen MR) is 76.0 cm³/mol. The Kier molecular flexibility index (Phi) is 3.55. The Morgan fingerprint density at radius 1 is 1.33 bits per heavy atom. The lowest BCUT2D eigenvalue weighted by atomic mass is 10.1. The van der Waals surface area contributed by atoms with Crippen LogP contribution < -0.4 is 14.8 Å². The number of nitriles is 1. The van der Waals surface area contributed by atoms with Gasteiger partial charge in [-0.05, 0) is 29.8 Å². The molecule has 0 bridgehead atoms. The van der Waals surface area contributed by atoms with Crippen molar-refractivity contribution in [2.45, 2.75) is 6.54 Å². The second-order valence-corrected chi connectivity index (χ2v) is 4.85. The van der Waals surface area contributed by atoms with Crippen molar-refractivity contribution in [2.75, 3.05) is 12.1 Å². The minimum atomic E-state index is -0.550. The zero-order valence-corrected chi connectivity index (χ0v) is 11.6. The summed E-state index contributed by atoms with van der Waals surface area (Å²) in [5.41, 5.74) is 1.27. The number of hydrogen-bond acceptors (Lipinski definition) is 4. The number of ether oxygens (including phenoxy) is 2. The van der Waals surface area contributed by atoms with Gasteiger partial charge in [0.2, 0.25) is 6.79 Å². The van der Waals surface area contributed by atoms with E-state index in [2.05, 4.69) is 5.32 Å². The van der Waals surface area contributed by atoms with E-state index in [0.717, 1.165) is 5.56 Å². The third-order valence-electron chi connectivity index (χ3n) is 3.10. The Morgan fingerprint density at radius 3 is 3.00 bits per heavy atom. The second-order valence-electron chi connectivity index (χ2n) is 4.44. The number of fused-ring (bicyclic) bond motifs is 1. The average molecular weight is 305 g/mol. The molecule has 0 aliphatic carbocycles. The van der Waals surface area contributed by atoms with E-state index < -0.39 is 5.82 Å². The van der Waals surface area contributed by atoms with Crippen molar-refractivity contribution in [1.29, 1.82) is 5.26 Å². The summed E-state index contributed by atoms with van der Waals surface area (Å²) in [4.78, 5) is 0. The largest absolute Gasteiger partial charge is 0.454 e. The summed E-state index contributed by atoms with van der Waals surface area (Å²) in [7, 11) is 0. The Balaban J connectivity index is 1.82. The van der Waals surface area contributed by atoms with Crippen molar-refractivity contribution in [3.05, 3.63) is 52.3 Å². The molecule has 0 atom stereocenters. The van der Waals surface area contributed by atoms with Crippen molar-refractivity contribution in [3.63, 3.8) is 0 Å². The first-order chi connectivity index (χ1) is 10.2. The fraction of sp³-hybridized carbons (Fsp3) is 0.133. The van der Waals surface area contributed by atoms with Crippen molar-refractivity contribution in [2.24, 2.45) is 0 Å². The first-order valence-electron chi connectivity index (χ1n) is 6.19. The molecule has 106 valence electrons. The summed E-state index contributed by atoms with van der Waals surface area (Å²) >= 11 is 6.10. The van der Waals surface area contributed by atoms with Crippen LogP contribution in [0.4, 0.5) is 10.1 Å². The number of halogens is 2. The molecule has 1 N–H and O–H groups in total. The van der Waals surface area contributed by atoms with Crippen LogP contribution in [0, 0.1) is 17.1 Å². The Hall–Kier alpha value is -2.45. The van der Waals surface area contributed by atoms with Gasteiger partial charge in [0.15, 0.2) is 11.5 Å². The van der Waals surface area contributed by atoms with Crippen molar-refractivity contribution >= 4 is 17.3 Å². The fourth-order valence-electron chi connectivity index (χ4n) is 2.11. The molecule has 6 heteroatoms. The Labute approximate surface area is 125 Å². The number of nitrogens with zero attached hydrogens (tertiary/aromatic N) is 1. The number of nitrogens with one attached hydrogen (secondary N) is 1. The average Bonchev–Trinajstić information content (AvgIpc) is 2.94. The first-order valence-corrected chi connectivity index (χ1v) is 6.57. The zero-order chi connectivity index (χ0) is 14.8. The van der Waals surface area contributed by atoms with Crippen LogP contribution in [0.1, 0.15) is 11.1 Å². The lowest BCUT2D eigenvalue weighted by molar-refractivity contribution is 0.174. The summed E-state index contributed by atoms with van der Waals surface area (Å²) in [5, 5.41) is 12.5. The third-order valence-corrected chi connectivity index (χ3v) is 3.38. The van der Waals surface area contributed by atoms with Gasteiger partial charge < -0.3 is 14.8 Å². The Bertz CT molecular complexity index is 743. The highest BCUT2D eigenvalue weighted by Crippen LogP contribution is 2.39. The van der Waals surface area contributed by atoms with Gasteiger partial charge >= 0.3 is 0 Å². The van der Waals surface area contributed by atoms with Gasteiger partial charge in [0.05, 0.1) is 10.7 Å². The van der Waals surface area contributed by atoms with E-state index in [1.165, 1.54) is 6.07 Å². The standard InChI is InChI=1S/C15H10ClFN2O2/c16-11-4-9(5-14-15(11)21-8-20-14)7-19-13-3-1-2-12(17)10(13)6-18/h1-5,19H,7-8H2. The molecule has 0 unspecified atom stereocenters. The van der Waals surface area contributed by atoms with Crippen LogP contribution in [-0.4, -0.2) is 6.79 Å². The smallest absolute Gasteiger partial charge is 0.231 e. The number of hydrogen-bond donors (Lipinski definition) is 1. The molecule has 0 radical (unpaired) electrons. The fourth-order valence-corrected chi connectivity index (χ4v) is 2.39. The van der Waals surface area contributed by atoms with Gasteiger partial charge in [-0.15, -0.1) is 0 Å². The van der Waals surface area contributed by atoms with Gasteiger partial charge in [-0.3, -0.25) is 0 Å². The third kappa shape index (κ3) is 2.58. The van der Waals surface area contributed by atoms with Crippen LogP contribution in [0.2, 0.25) is 5.02 Å². The molecule has 0 saturated heterocycles. The Morgan fingerprint density at radius 2 is 2.19 bits per heavy atom. The first kappa shape index (κ1) is 13.5. The van der Waals surface area contributed by atoms with Crippen LogP contribution in [0.5, 0.6) is 11.5 Å². The minimum absolute atomic E-state index is 0.00987. The molecule has 3 rings (SSSR count). The predicted octanol–water partition coefficient (Wildman–Crippen LogP) is 3.69. The second kappa shape index (κ2) is 5.51. The van der Waals surface area contributed by atoms with Crippen molar-refractivity contribution in [3.8, 4) is 17.6 Å². The highest BCUT2D eigenvalue weighted by atomic mass is 35.5. The lowest BCUT2D eigenvalue weighted by Crippen LogP contribution is -2.02. The highest BCUT2D eigenvalue weighted by Gasteiger charge is 2.18. The quantitative estimate of drug-likeness (QED) is 0.939. The van der Waals surface area contributed by atoms with Crippen LogP contribution in [-0.2, 0) is 6.54 Å². The molecule has 1 heterocycles. The molecule has 2 aromatic rings. The molecule has 1 aliphatic heterocycles. The van der Waals surface area contributed by atoms with E-state index in [0.29, 0.717) is 28.8 Å². The summed E-state index contributed by atoms with van der Waals surface area (Å²) in [6.45, 7) is 0.531. The van der Waals surface area contributed by atoms with Crippen LogP contribution in [0.3, 0.4) is 0 Å². The number of benzene rings is 2. The maximum atomic E-state index is 13.5. The monoisotopic (exact) mass is 304 g/mol. The van der Waals surface area contributed by atoms with Gasteiger partial charge in [0.1, 0.15) is 17.4 Å². The molecule has 0 saturated carbocycles. The maximum Gasteiger partial charge on any atom is 0.231 e. The van der Waals surface area contributed by atoms with E-state index in [4.69, 9.17) is 26.3 Å². The summed E-state index contributed by atoms with van der Waals surface area (Å²) in [5.74, 6) is 0.564. The molecular formula is C15H10ClFN2O2. The topological polar surface area (TPSA) is 54.3 Å². The summed E-state index contributed by atoms with van der Waals surface area (Å²) in [6, 6.07) is 9.83. The van der Waals surface area contributed by atoms with Crippen molar-refractivity contribution in [1.82, 2.24) is 0 Å². The molecule has 4 nitrogen and oxygen atoms in total. The molecular weight excluding hydrogens is 295 g/mol. The number of anilines is 1. The maximum absolute atomic E-state index is 13.5. The molecule has 0 fully saturated rings. The normalized spacial score (nSPS) is 12.0. The molecule has 1 aliphatic rings. The molecule has 0 amide bonds. The van der Waals surface area contributed by atoms with Gasteiger partial charge in [0.25, 0.3) is 0 Å². The van der Waals surface area contributed by atoms with Crippen molar-refractivity contribution < 1.29 is 13.9 Å². The van der Waals surface area contributed by atoms with Gasteiger partial charge in [-0.1, -0.05) is 17.7 Å². The van der Waals surface area contributed by atoms with E-state index in [1.807, 2.05) is 6.07 Å². The molecule has 21 heavy (non-hydrogen) atoms. The van der Waals surface area contributed by atoms with Crippen LogP contribution >= 0.6 is 11.6 Å². The van der Waals surface area contributed by atoms with Gasteiger partial charge in [-0.2, -0.15) is 5.26 Å². The molecule has 0 aromatic heterocycles. The van der Waals surface area contributed by atoms with Gasteiger partial charge in [0, 0.05) is 6.54 Å². The van der Waals surface area contributed by atoms with Crippen LogP contribution in [0.15, 0.2) is 30.3 Å². The van der Waals surface area contributed by atoms with E-state index >= 15 is 0 Å².